The number of nitrogens with zero attached hydrogens (tertiary/aromatic N) is 3. The van der Waals surface area contributed by atoms with Crippen LogP contribution in [0.4, 0.5) is 0 Å². The van der Waals surface area contributed by atoms with Crippen molar-refractivity contribution in [2.45, 2.75) is 19.9 Å². The Hall–Kier alpha value is -3.17. The van der Waals surface area contributed by atoms with Gasteiger partial charge in [0.2, 0.25) is 0 Å². The van der Waals surface area contributed by atoms with Gasteiger partial charge in [-0.3, -0.25) is 19.6 Å². The predicted molar refractivity (Wildman–Crippen MR) is 117 cm³/mol. The highest BCUT2D eigenvalue weighted by molar-refractivity contribution is 6.46. The molecule has 2 saturated heterocycles. The number of aliphatic hydroxyl groups excluding tert-OH is 1. The van der Waals surface area contributed by atoms with Crippen LogP contribution in [-0.4, -0.2) is 83.3 Å². The number of aliphatic hydroxyl groups is 1. The van der Waals surface area contributed by atoms with Crippen LogP contribution in [0.1, 0.15) is 28.6 Å². The summed E-state index contributed by atoms with van der Waals surface area (Å²) in [5.41, 5.74) is 2.32. The lowest BCUT2D eigenvalue weighted by molar-refractivity contribution is -0.140. The number of amides is 1. The van der Waals surface area contributed by atoms with Crippen LogP contribution in [0.3, 0.4) is 0 Å². The van der Waals surface area contributed by atoms with Gasteiger partial charge in [-0.15, -0.1) is 0 Å². The Morgan fingerprint density at radius 2 is 1.94 bits per heavy atom. The molecule has 2 N–H and O–H groups in total. The van der Waals surface area contributed by atoms with Crippen molar-refractivity contribution in [1.29, 1.82) is 0 Å². The van der Waals surface area contributed by atoms with Crippen LogP contribution >= 0.6 is 0 Å². The number of hydrogen-bond donors (Lipinski definition) is 2. The first kappa shape index (κ1) is 22.0. The number of aromatic amines is 1. The maximum Gasteiger partial charge on any atom is 0.295 e. The van der Waals surface area contributed by atoms with E-state index in [1.807, 2.05) is 18.2 Å². The minimum atomic E-state index is -0.763. The van der Waals surface area contributed by atoms with Crippen LogP contribution < -0.4 is 4.74 Å². The monoisotopic (exact) mass is 440 g/mol. The number of H-pyrrole nitrogens is 1. The number of para-hydroxylation sites is 1. The van der Waals surface area contributed by atoms with Crippen molar-refractivity contribution in [2.75, 3.05) is 46.5 Å². The Labute approximate surface area is 186 Å². The zero-order valence-electron chi connectivity index (χ0n) is 18.6. The summed E-state index contributed by atoms with van der Waals surface area (Å²) >= 11 is 0. The molecule has 2 aliphatic heterocycles. The zero-order chi connectivity index (χ0) is 22.8. The highest BCUT2D eigenvalue weighted by Crippen LogP contribution is 2.43. The highest BCUT2D eigenvalue weighted by atomic mass is 16.5. The number of hydrogen-bond acceptors (Lipinski definition) is 7. The zero-order valence-corrected chi connectivity index (χ0v) is 18.6. The van der Waals surface area contributed by atoms with E-state index in [4.69, 9.17) is 9.47 Å². The average molecular weight is 441 g/mol. The van der Waals surface area contributed by atoms with E-state index in [0.29, 0.717) is 54.6 Å². The first-order valence-electron chi connectivity index (χ1n) is 10.7. The van der Waals surface area contributed by atoms with Gasteiger partial charge in [-0.1, -0.05) is 18.2 Å². The number of aromatic nitrogens is 2. The molecule has 0 radical (unpaired) electrons. The molecule has 9 nitrogen and oxygen atoms in total. The van der Waals surface area contributed by atoms with Gasteiger partial charge in [-0.2, -0.15) is 5.10 Å². The second kappa shape index (κ2) is 9.13. The number of morpholine rings is 1. The Bertz CT molecular complexity index is 1030. The largest absolute Gasteiger partial charge is 0.507 e. The van der Waals surface area contributed by atoms with E-state index >= 15 is 0 Å². The fourth-order valence-corrected chi connectivity index (χ4v) is 4.43. The summed E-state index contributed by atoms with van der Waals surface area (Å²) in [6.45, 7) is 7.29. The third kappa shape index (κ3) is 3.89. The van der Waals surface area contributed by atoms with Gasteiger partial charge < -0.3 is 19.5 Å². The molecule has 0 aliphatic carbocycles. The van der Waals surface area contributed by atoms with Crippen LogP contribution in [0.5, 0.6) is 5.75 Å². The lowest BCUT2D eigenvalue weighted by atomic mass is 9.94. The summed E-state index contributed by atoms with van der Waals surface area (Å²) in [5, 5.41) is 18.2. The van der Waals surface area contributed by atoms with Gasteiger partial charge >= 0.3 is 0 Å². The number of ether oxygens (including phenoxy) is 2. The Morgan fingerprint density at radius 3 is 2.59 bits per heavy atom. The van der Waals surface area contributed by atoms with Crippen LogP contribution in [-0.2, 0) is 14.3 Å². The Kier molecular flexibility index (Phi) is 6.29. The van der Waals surface area contributed by atoms with Crippen LogP contribution in [0.25, 0.3) is 5.76 Å². The second-order valence-corrected chi connectivity index (χ2v) is 8.00. The van der Waals surface area contributed by atoms with E-state index in [2.05, 4.69) is 15.1 Å². The first-order chi connectivity index (χ1) is 15.4. The van der Waals surface area contributed by atoms with Crippen molar-refractivity contribution < 1.29 is 24.2 Å². The Morgan fingerprint density at radius 1 is 1.22 bits per heavy atom. The number of Topliss-reactive ketones (excluding diaryl/α,β-unsaturated/α-hetero) is 1. The van der Waals surface area contributed by atoms with Crippen LogP contribution in [0.2, 0.25) is 0 Å². The number of benzene rings is 1. The van der Waals surface area contributed by atoms with Gasteiger partial charge in [0.05, 0.1) is 43.2 Å². The molecule has 0 saturated carbocycles. The standard InChI is InChI=1S/C23H28N4O5/c1-14-18(15(2)25-24-14)21(28)19-20(16-6-4-5-7-17(16)31-3)27(23(30)22(19)29)9-8-26-10-12-32-13-11-26/h4-7,20,28H,8-13H2,1-3H3,(H,24,25). The first-order valence-corrected chi connectivity index (χ1v) is 10.7. The van der Waals surface area contributed by atoms with Gasteiger partial charge in [0.1, 0.15) is 11.5 Å². The van der Waals surface area contributed by atoms with Crippen molar-refractivity contribution in [2.24, 2.45) is 0 Å². The molecule has 1 atom stereocenters. The molecule has 0 spiro atoms. The van der Waals surface area contributed by atoms with Crippen molar-refractivity contribution in [3.63, 3.8) is 0 Å². The summed E-state index contributed by atoms with van der Waals surface area (Å²) in [6.07, 6.45) is 0. The van der Waals surface area contributed by atoms with Gasteiger partial charge in [-0.05, 0) is 19.9 Å². The van der Waals surface area contributed by atoms with Gasteiger partial charge in [0, 0.05) is 37.4 Å². The predicted octanol–water partition coefficient (Wildman–Crippen LogP) is 1.79. The normalized spacial score (nSPS) is 21.3. The van der Waals surface area contributed by atoms with Gasteiger partial charge in [0.25, 0.3) is 11.7 Å². The molecule has 1 aromatic carbocycles. The van der Waals surface area contributed by atoms with E-state index in [-0.39, 0.29) is 11.3 Å². The SMILES string of the molecule is COc1ccccc1C1C(=C(O)c2c(C)n[nH]c2C)C(=O)C(=O)N1CCN1CCOCC1. The molecule has 3 heterocycles. The minimum Gasteiger partial charge on any atom is -0.507 e. The molecule has 4 rings (SSSR count). The molecular weight excluding hydrogens is 412 g/mol. The number of nitrogens with one attached hydrogen (secondary N) is 1. The van der Waals surface area contributed by atoms with Crippen molar-refractivity contribution in [3.05, 3.63) is 52.4 Å². The number of ketones is 1. The molecule has 2 fully saturated rings. The molecular formula is C23H28N4O5. The fraction of sp³-hybridized carbons (Fsp3) is 0.435. The number of likely N-dealkylation sites (tertiary alicyclic amines) is 1. The molecule has 2 aliphatic rings. The quantitative estimate of drug-likeness (QED) is 0.401. The number of methoxy groups -OCH3 is 1. The van der Waals surface area contributed by atoms with E-state index in [0.717, 1.165) is 13.1 Å². The average Bonchev–Trinajstić information content (AvgIpc) is 3.28. The van der Waals surface area contributed by atoms with Gasteiger partial charge in [-0.25, -0.2) is 0 Å². The molecule has 32 heavy (non-hydrogen) atoms. The van der Waals surface area contributed by atoms with Crippen molar-refractivity contribution >= 4 is 17.4 Å². The Balaban J connectivity index is 1.80. The van der Waals surface area contributed by atoms with Crippen LogP contribution in [0, 0.1) is 13.8 Å². The van der Waals surface area contributed by atoms with E-state index in [9.17, 15) is 14.7 Å². The fourth-order valence-electron chi connectivity index (χ4n) is 4.43. The third-order valence-corrected chi connectivity index (χ3v) is 6.10. The molecule has 170 valence electrons. The number of aryl methyl sites for hydroxylation is 2. The smallest absolute Gasteiger partial charge is 0.295 e. The third-order valence-electron chi connectivity index (χ3n) is 6.10. The molecule has 9 heteroatoms. The number of rotatable bonds is 6. The van der Waals surface area contributed by atoms with E-state index < -0.39 is 17.7 Å². The lowest BCUT2D eigenvalue weighted by Gasteiger charge is -2.31. The maximum absolute atomic E-state index is 13.2. The minimum absolute atomic E-state index is 0.0501. The second-order valence-electron chi connectivity index (χ2n) is 8.00. The topological polar surface area (TPSA) is 108 Å². The van der Waals surface area contributed by atoms with Crippen molar-refractivity contribution in [1.82, 2.24) is 20.0 Å². The maximum atomic E-state index is 13.2. The molecule has 1 amide bonds. The van der Waals surface area contributed by atoms with Crippen molar-refractivity contribution in [3.8, 4) is 5.75 Å². The summed E-state index contributed by atoms with van der Waals surface area (Å²) in [7, 11) is 1.54. The molecule has 1 aromatic heterocycles. The highest BCUT2D eigenvalue weighted by Gasteiger charge is 2.47. The summed E-state index contributed by atoms with van der Waals surface area (Å²) in [5.74, 6) is -1.02. The van der Waals surface area contributed by atoms with Gasteiger partial charge in [0.15, 0.2) is 0 Å². The molecule has 2 aromatic rings. The summed E-state index contributed by atoms with van der Waals surface area (Å²) < 4.78 is 10.9. The summed E-state index contributed by atoms with van der Waals surface area (Å²) in [4.78, 5) is 30.1. The molecule has 1 unspecified atom stereocenters. The summed E-state index contributed by atoms with van der Waals surface area (Å²) in [6, 6.07) is 6.49. The van der Waals surface area contributed by atoms with E-state index in [1.165, 1.54) is 4.90 Å². The van der Waals surface area contributed by atoms with Crippen LogP contribution in [0.15, 0.2) is 29.8 Å². The molecule has 0 bridgehead atoms. The number of carbonyl (C=O) groups excluding carboxylic acids is 2. The number of carbonyl (C=O) groups is 2. The lowest BCUT2D eigenvalue weighted by Crippen LogP contribution is -2.42. The van der Waals surface area contributed by atoms with E-state index in [1.54, 1.807) is 27.0 Å².